The van der Waals surface area contributed by atoms with Gasteiger partial charge in [-0.15, -0.1) is 11.3 Å². The topological polar surface area (TPSA) is 76.8 Å². The van der Waals surface area contributed by atoms with E-state index in [9.17, 15) is 0 Å². The Morgan fingerprint density at radius 3 is 2.38 bits per heavy atom. The summed E-state index contributed by atoms with van der Waals surface area (Å²) in [6, 6.07) is 4.24. The van der Waals surface area contributed by atoms with Crippen LogP contribution in [0.4, 0.5) is 10.7 Å². The summed E-state index contributed by atoms with van der Waals surface area (Å²) in [7, 11) is 0. The van der Waals surface area contributed by atoms with Crippen molar-refractivity contribution in [1.29, 1.82) is 10.5 Å². The van der Waals surface area contributed by atoms with Crippen LogP contribution in [0.1, 0.15) is 29.7 Å². The normalized spacial score (nSPS) is 15.5. The Morgan fingerprint density at radius 2 is 1.81 bits per heavy atom. The number of nitrogens with two attached hydrogens (primary N) is 1. The van der Waals surface area contributed by atoms with Crippen molar-refractivity contribution in [2.75, 3.05) is 23.7 Å². The summed E-state index contributed by atoms with van der Waals surface area (Å²) in [5.74, 6) is 0. The lowest BCUT2D eigenvalue weighted by molar-refractivity contribution is 0.578. The predicted octanol–water partition coefficient (Wildman–Crippen LogP) is 2.06. The Bertz CT molecular complexity index is 471. The van der Waals surface area contributed by atoms with Crippen molar-refractivity contribution in [1.82, 2.24) is 0 Å². The molecule has 2 rings (SSSR count). The van der Waals surface area contributed by atoms with Crippen LogP contribution in [0, 0.1) is 22.7 Å². The molecule has 0 saturated carbocycles. The first-order valence-corrected chi connectivity index (χ1v) is 6.07. The molecule has 1 saturated heterocycles. The molecule has 1 fully saturated rings. The highest BCUT2D eigenvalue weighted by atomic mass is 32.1. The van der Waals surface area contributed by atoms with Crippen LogP contribution in [0.5, 0.6) is 0 Å². The maximum atomic E-state index is 9.08. The molecule has 2 heterocycles. The number of piperidine rings is 1. The van der Waals surface area contributed by atoms with E-state index >= 15 is 0 Å². The minimum Gasteiger partial charge on any atom is -0.389 e. The first-order valence-electron chi connectivity index (χ1n) is 5.25. The van der Waals surface area contributed by atoms with Gasteiger partial charge in [-0.3, -0.25) is 0 Å². The first-order chi connectivity index (χ1) is 7.77. The molecule has 0 unspecified atom stereocenters. The molecule has 0 spiro atoms. The first kappa shape index (κ1) is 10.8. The molecule has 4 nitrogen and oxygen atoms in total. The van der Waals surface area contributed by atoms with Gasteiger partial charge >= 0.3 is 0 Å². The molecule has 0 atom stereocenters. The van der Waals surface area contributed by atoms with E-state index in [2.05, 4.69) is 17.0 Å². The molecule has 0 aromatic carbocycles. The molecule has 2 N–H and O–H groups in total. The van der Waals surface area contributed by atoms with Crippen molar-refractivity contribution in [2.24, 2.45) is 0 Å². The Kier molecular flexibility index (Phi) is 2.98. The van der Waals surface area contributed by atoms with E-state index in [1.807, 2.05) is 0 Å². The van der Waals surface area contributed by atoms with Gasteiger partial charge < -0.3 is 10.6 Å². The zero-order valence-electron chi connectivity index (χ0n) is 8.86. The zero-order chi connectivity index (χ0) is 11.5. The number of hydrogen-bond donors (Lipinski definition) is 1. The van der Waals surface area contributed by atoms with E-state index in [-0.39, 0.29) is 0 Å². The monoisotopic (exact) mass is 232 g/mol. The van der Waals surface area contributed by atoms with Gasteiger partial charge in [0.25, 0.3) is 0 Å². The molecular weight excluding hydrogens is 220 g/mol. The Hall–Kier alpha value is -1.72. The summed E-state index contributed by atoms with van der Waals surface area (Å²) in [6.45, 7) is 1.83. The van der Waals surface area contributed by atoms with Gasteiger partial charge in [-0.25, -0.2) is 0 Å². The molecule has 1 aliphatic rings. The van der Waals surface area contributed by atoms with Crippen LogP contribution in [0.2, 0.25) is 0 Å². The summed E-state index contributed by atoms with van der Waals surface area (Å²) < 4.78 is 0. The third kappa shape index (κ3) is 1.70. The van der Waals surface area contributed by atoms with Gasteiger partial charge in [0.2, 0.25) is 0 Å². The van der Waals surface area contributed by atoms with Gasteiger partial charge in [-0.05, 0) is 19.3 Å². The smallest absolute Gasteiger partial charge is 0.131 e. The second-order valence-electron chi connectivity index (χ2n) is 3.79. The molecule has 5 heteroatoms. The third-order valence-corrected chi connectivity index (χ3v) is 3.71. The average molecular weight is 232 g/mol. The molecule has 0 radical (unpaired) electrons. The Morgan fingerprint density at radius 1 is 1.12 bits per heavy atom. The predicted molar refractivity (Wildman–Crippen MR) is 64.2 cm³/mol. The molecule has 1 aromatic rings. The standard InChI is InChI=1S/C11H12N4S/c12-6-8-10(9(7-13)16-11(8)14)15-4-2-1-3-5-15/h1-5,14H2. The van der Waals surface area contributed by atoms with Crippen molar-refractivity contribution in [2.45, 2.75) is 19.3 Å². The van der Waals surface area contributed by atoms with Gasteiger partial charge in [-0.2, -0.15) is 10.5 Å². The van der Waals surface area contributed by atoms with E-state index in [1.54, 1.807) is 0 Å². The van der Waals surface area contributed by atoms with Gasteiger partial charge in [-0.1, -0.05) is 0 Å². The van der Waals surface area contributed by atoms with E-state index in [4.69, 9.17) is 16.3 Å². The van der Waals surface area contributed by atoms with E-state index in [1.165, 1.54) is 17.8 Å². The van der Waals surface area contributed by atoms with Crippen LogP contribution in [0.25, 0.3) is 0 Å². The Labute approximate surface area is 98.5 Å². The summed E-state index contributed by atoms with van der Waals surface area (Å²) in [4.78, 5) is 2.68. The molecule has 1 aromatic heterocycles. The van der Waals surface area contributed by atoms with Gasteiger partial charge in [0.15, 0.2) is 0 Å². The van der Waals surface area contributed by atoms with E-state index in [0.29, 0.717) is 15.4 Å². The van der Waals surface area contributed by atoms with Gasteiger partial charge in [0, 0.05) is 13.1 Å². The molecule has 0 amide bonds. The molecule has 1 aliphatic heterocycles. The fraction of sp³-hybridized carbons (Fsp3) is 0.455. The van der Waals surface area contributed by atoms with E-state index in [0.717, 1.165) is 31.6 Å². The van der Waals surface area contributed by atoms with Crippen LogP contribution in [0.15, 0.2) is 0 Å². The Balaban J connectivity index is 2.45. The summed E-state index contributed by atoms with van der Waals surface area (Å²) >= 11 is 1.21. The lowest BCUT2D eigenvalue weighted by Gasteiger charge is -2.28. The average Bonchev–Trinajstić information content (AvgIpc) is 2.66. The van der Waals surface area contributed by atoms with Gasteiger partial charge in [0.1, 0.15) is 27.6 Å². The van der Waals surface area contributed by atoms with Crippen LogP contribution < -0.4 is 10.6 Å². The van der Waals surface area contributed by atoms with Crippen molar-refractivity contribution in [3.05, 3.63) is 10.4 Å². The summed E-state index contributed by atoms with van der Waals surface area (Å²) in [5.41, 5.74) is 6.99. The number of nitriles is 2. The second kappa shape index (κ2) is 4.42. The maximum Gasteiger partial charge on any atom is 0.131 e. The minimum atomic E-state index is 0.458. The highest BCUT2D eigenvalue weighted by Gasteiger charge is 2.23. The largest absolute Gasteiger partial charge is 0.389 e. The van der Waals surface area contributed by atoms with Crippen LogP contribution in [-0.4, -0.2) is 13.1 Å². The summed E-state index contributed by atoms with van der Waals surface area (Å²) in [6.07, 6.45) is 3.46. The van der Waals surface area contributed by atoms with Crippen molar-refractivity contribution in [3.8, 4) is 12.1 Å². The minimum absolute atomic E-state index is 0.458. The van der Waals surface area contributed by atoms with Crippen molar-refractivity contribution >= 4 is 22.0 Å². The number of anilines is 2. The number of rotatable bonds is 1. The number of thiophene rings is 1. The lowest BCUT2D eigenvalue weighted by atomic mass is 10.1. The van der Waals surface area contributed by atoms with Gasteiger partial charge in [0.05, 0.1) is 5.69 Å². The molecule has 82 valence electrons. The fourth-order valence-electron chi connectivity index (χ4n) is 2.04. The van der Waals surface area contributed by atoms with Crippen molar-refractivity contribution < 1.29 is 0 Å². The third-order valence-electron chi connectivity index (χ3n) is 2.80. The molecule has 16 heavy (non-hydrogen) atoms. The molecule has 0 aliphatic carbocycles. The SMILES string of the molecule is N#Cc1sc(N)c(C#N)c1N1CCCCC1. The quantitative estimate of drug-likeness (QED) is 0.804. The van der Waals surface area contributed by atoms with Crippen LogP contribution in [-0.2, 0) is 0 Å². The molecule has 0 bridgehead atoms. The highest BCUT2D eigenvalue weighted by Crippen LogP contribution is 2.38. The number of hydrogen-bond acceptors (Lipinski definition) is 5. The van der Waals surface area contributed by atoms with E-state index < -0.39 is 0 Å². The fourth-order valence-corrected chi connectivity index (χ4v) is 2.88. The lowest BCUT2D eigenvalue weighted by Crippen LogP contribution is -2.30. The highest BCUT2D eigenvalue weighted by molar-refractivity contribution is 7.17. The number of nitrogens with zero attached hydrogens (tertiary/aromatic N) is 3. The van der Waals surface area contributed by atoms with Crippen LogP contribution >= 0.6 is 11.3 Å². The van der Waals surface area contributed by atoms with Crippen molar-refractivity contribution in [3.63, 3.8) is 0 Å². The zero-order valence-corrected chi connectivity index (χ0v) is 9.68. The molecular formula is C11H12N4S. The maximum absolute atomic E-state index is 9.08. The second-order valence-corrected chi connectivity index (χ2v) is 4.84. The summed E-state index contributed by atoms with van der Waals surface area (Å²) in [5, 5.41) is 18.6. The number of nitrogen functional groups attached to an aromatic ring is 1. The van der Waals surface area contributed by atoms with Crippen LogP contribution in [0.3, 0.4) is 0 Å².